The molecule has 1 atom stereocenters. The number of rotatable bonds is 3. The van der Waals surface area contributed by atoms with Crippen LogP contribution in [-0.4, -0.2) is 37.5 Å². The molecule has 1 fully saturated rings. The average molecular weight is 145 g/mol. The van der Waals surface area contributed by atoms with Gasteiger partial charge in [-0.1, -0.05) is 0 Å². The summed E-state index contributed by atoms with van der Waals surface area (Å²) in [5.74, 6) is 0. The molecule has 0 bridgehead atoms. The van der Waals surface area contributed by atoms with Gasteiger partial charge in [0.25, 0.3) is 0 Å². The molecule has 0 radical (unpaired) electrons. The predicted molar refractivity (Wildman–Crippen MR) is 38.9 cm³/mol. The number of nitrogens with one attached hydrogen (secondary N) is 1. The Bertz CT molecular complexity index is 99.8. The monoisotopic (exact) mass is 145 g/mol. The summed E-state index contributed by atoms with van der Waals surface area (Å²) < 4.78 is 5.23. The first-order chi connectivity index (χ1) is 4.83. The van der Waals surface area contributed by atoms with Crippen molar-refractivity contribution in [2.75, 3.05) is 26.9 Å². The molecule has 0 aromatic heterocycles. The van der Waals surface area contributed by atoms with Crippen LogP contribution in [0.5, 0.6) is 0 Å². The van der Waals surface area contributed by atoms with Crippen LogP contribution in [0.4, 0.5) is 0 Å². The Hall–Kier alpha value is -0.120. The highest BCUT2D eigenvalue weighted by Crippen LogP contribution is 2.21. The summed E-state index contributed by atoms with van der Waals surface area (Å²) in [6, 6.07) is 0. The molecular weight excluding hydrogens is 130 g/mol. The first kappa shape index (κ1) is 7.98. The van der Waals surface area contributed by atoms with Crippen LogP contribution in [0, 0.1) is 0 Å². The zero-order valence-corrected chi connectivity index (χ0v) is 6.39. The Morgan fingerprint density at radius 3 is 2.90 bits per heavy atom. The number of aliphatic hydroxyl groups excluding tert-OH is 1. The van der Waals surface area contributed by atoms with Crippen LogP contribution in [0.1, 0.15) is 12.8 Å². The predicted octanol–water partition coefficient (Wildman–Crippen LogP) is -0.253. The smallest absolute Gasteiger partial charge is 0.0649 e. The van der Waals surface area contributed by atoms with Gasteiger partial charge in [0.2, 0.25) is 0 Å². The standard InChI is InChI=1S/C7H15NO2/c1-8-7(2-4-9)3-5-10-6-7/h8-9H,2-6H2,1H3. The molecule has 1 heterocycles. The van der Waals surface area contributed by atoms with Crippen LogP contribution in [0.15, 0.2) is 0 Å². The summed E-state index contributed by atoms with van der Waals surface area (Å²) in [6.07, 6.45) is 1.81. The van der Waals surface area contributed by atoms with Gasteiger partial charge in [-0.25, -0.2) is 0 Å². The molecule has 1 aliphatic heterocycles. The minimum Gasteiger partial charge on any atom is -0.396 e. The quantitative estimate of drug-likeness (QED) is 0.575. The maximum atomic E-state index is 8.73. The molecule has 3 heteroatoms. The fourth-order valence-corrected chi connectivity index (χ4v) is 1.34. The minimum absolute atomic E-state index is 0.0642. The fraction of sp³-hybridized carbons (Fsp3) is 1.00. The Kier molecular flexibility index (Phi) is 2.65. The average Bonchev–Trinajstić information content (AvgIpc) is 2.39. The van der Waals surface area contributed by atoms with Gasteiger partial charge < -0.3 is 15.2 Å². The number of ether oxygens (including phenoxy) is 1. The zero-order valence-electron chi connectivity index (χ0n) is 6.39. The summed E-state index contributed by atoms with van der Waals surface area (Å²) in [5.41, 5.74) is 0.0642. The van der Waals surface area contributed by atoms with Crippen molar-refractivity contribution in [2.45, 2.75) is 18.4 Å². The molecule has 0 saturated carbocycles. The van der Waals surface area contributed by atoms with Gasteiger partial charge >= 0.3 is 0 Å². The van der Waals surface area contributed by atoms with Gasteiger partial charge in [-0.05, 0) is 19.9 Å². The first-order valence-corrected chi connectivity index (χ1v) is 3.70. The van der Waals surface area contributed by atoms with Crippen LogP contribution in [0.2, 0.25) is 0 Å². The van der Waals surface area contributed by atoms with Crippen molar-refractivity contribution in [2.24, 2.45) is 0 Å². The highest BCUT2D eigenvalue weighted by molar-refractivity contribution is 4.89. The van der Waals surface area contributed by atoms with Gasteiger partial charge in [0.1, 0.15) is 0 Å². The molecule has 1 rings (SSSR count). The zero-order chi connectivity index (χ0) is 7.45. The van der Waals surface area contributed by atoms with Gasteiger partial charge in [-0.3, -0.25) is 0 Å². The molecule has 1 unspecified atom stereocenters. The van der Waals surface area contributed by atoms with Crippen molar-refractivity contribution in [1.29, 1.82) is 0 Å². The lowest BCUT2D eigenvalue weighted by Gasteiger charge is -2.25. The lowest BCUT2D eigenvalue weighted by atomic mass is 9.95. The number of likely N-dealkylation sites (N-methyl/N-ethyl adjacent to an activating group) is 1. The molecule has 10 heavy (non-hydrogen) atoms. The van der Waals surface area contributed by atoms with Gasteiger partial charge in [0.15, 0.2) is 0 Å². The van der Waals surface area contributed by atoms with E-state index in [0.29, 0.717) is 0 Å². The third kappa shape index (κ3) is 1.48. The summed E-state index contributed by atoms with van der Waals surface area (Å²) in [5, 5.41) is 11.9. The van der Waals surface area contributed by atoms with Crippen molar-refractivity contribution >= 4 is 0 Å². The van der Waals surface area contributed by atoms with Crippen LogP contribution >= 0.6 is 0 Å². The van der Waals surface area contributed by atoms with E-state index in [0.717, 1.165) is 26.1 Å². The lowest BCUT2D eigenvalue weighted by molar-refractivity contribution is 0.151. The van der Waals surface area contributed by atoms with Crippen molar-refractivity contribution < 1.29 is 9.84 Å². The van der Waals surface area contributed by atoms with E-state index in [1.807, 2.05) is 7.05 Å². The van der Waals surface area contributed by atoms with E-state index in [-0.39, 0.29) is 12.1 Å². The third-order valence-electron chi connectivity index (χ3n) is 2.22. The first-order valence-electron chi connectivity index (χ1n) is 3.70. The molecule has 0 aromatic carbocycles. The van der Waals surface area contributed by atoms with Crippen LogP contribution < -0.4 is 5.32 Å². The normalized spacial score (nSPS) is 33.0. The van der Waals surface area contributed by atoms with Crippen molar-refractivity contribution in [1.82, 2.24) is 5.32 Å². The van der Waals surface area contributed by atoms with Gasteiger partial charge in [0.05, 0.1) is 6.61 Å². The Balaban J connectivity index is 2.41. The van der Waals surface area contributed by atoms with E-state index in [2.05, 4.69) is 5.32 Å². The Morgan fingerprint density at radius 1 is 1.70 bits per heavy atom. The second-order valence-electron chi connectivity index (χ2n) is 2.81. The fourth-order valence-electron chi connectivity index (χ4n) is 1.34. The maximum absolute atomic E-state index is 8.73. The topological polar surface area (TPSA) is 41.5 Å². The van der Waals surface area contributed by atoms with Gasteiger partial charge in [-0.2, -0.15) is 0 Å². The summed E-state index contributed by atoms with van der Waals surface area (Å²) in [6.45, 7) is 1.80. The Morgan fingerprint density at radius 2 is 2.50 bits per heavy atom. The lowest BCUT2D eigenvalue weighted by Crippen LogP contribution is -2.44. The molecule has 0 aromatic rings. The molecule has 0 amide bonds. The number of aliphatic hydroxyl groups is 1. The molecule has 2 N–H and O–H groups in total. The van der Waals surface area contributed by atoms with Gasteiger partial charge in [0, 0.05) is 18.8 Å². The second kappa shape index (κ2) is 3.32. The molecule has 0 spiro atoms. The highest BCUT2D eigenvalue weighted by Gasteiger charge is 2.32. The highest BCUT2D eigenvalue weighted by atomic mass is 16.5. The van der Waals surface area contributed by atoms with Gasteiger partial charge in [-0.15, -0.1) is 0 Å². The Labute approximate surface area is 61.4 Å². The van der Waals surface area contributed by atoms with E-state index < -0.39 is 0 Å². The molecule has 1 aliphatic rings. The van der Waals surface area contributed by atoms with Crippen molar-refractivity contribution in [3.05, 3.63) is 0 Å². The number of hydrogen-bond acceptors (Lipinski definition) is 3. The van der Waals surface area contributed by atoms with Crippen molar-refractivity contribution in [3.63, 3.8) is 0 Å². The van der Waals surface area contributed by atoms with E-state index in [9.17, 15) is 0 Å². The van der Waals surface area contributed by atoms with E-state index in [1.165, 1.54) is 0 Å². The second-order valence-corrected chi connectivity index (χ2v) is 2.81. The SMILES string of the molecule is CNC1(CCO)CCOC1. The van der Waals surface area contributed by atoms with Crippen LogP contribution in [0.3, 0.4) is 0 Å². The summed E-state index contributed by atoms with van der Waals surface area (Å²) in [7, 11) is 1.92. The number of hydrogen-bond donors (Lipinski definition) is 2. The largest absolute Gasteiger partial charge is 0.396 e. The third-order valence-corrected chi connectivity index (χ3v) is 2.22. The van der Waals surface area contributed by atoms with E-state index >= 15 is 0 Å². The summed E-state index contributed by atoms with van der Waals surface area (Å²) in [4.78, 5) is 0. The van der Waals surface area contributed by atoms with Crippen LogP contribution in [0.25, 0.3) is 0 Å². The van der Waals surface area contributed by atoms with E-state index in [4.69, 9.17) is 9.84 Å². The van der Waals surface area contributed by atoms with Crippen molar-refractivity contribution in [3.8, 4) is 0 Å². The molecule has 3 nitrogen and oxygen atoms in total. The van der Waals surface area contributed by atoms with E-state index in [1.54, 1.807) is 0 Å². The minimum atomic E-state index is 0.0642. The molecule has 0 aliphatic carbocycles. The van der Waals surface area contributed by atoms with Crippen LogP contribution in [-0.2, 0) is 4.74 Å². The summed E-state index contributed by atoms with van der Waals surface area (Å²) >= 11 is 0. The molecular formula is C7H15NO2. The molecule has 1 saturated heterocycles. The molecule has 60 valence electrons. The maximum Gasteiger partial charge on any atom is 0.0649 e.